The Hall–Kier alpha value is -3.01. The first-order chi connectivity index (χ1) is 10.7. The average Bonchev–Trinajstić information content (AvgIpc) is 2.56. The highest BCUT2D eigenvalue weighted by Crippen LogP contribution is 2.26. The Morgan fingerprint density at radius 1 is 0.955 bits per heavy atom. The summed E-state index contributed by atoms with van der Waals surface area (Å²) in [5, 5.41) is 13.0. The van der Waals surface area contributed by atoms with E-state index in [-0.39, 0.29) is 11.4 Å². The molecule has 0 saturated heterocycles. The summed E-state index contributed by atoms with van der Waals surface area (Å²) in [5.41, 5.74) is 1.23. The lowest BCUT2D eigenvalue weighted by Crippen LogP contribution is -2.11. The first kappa shape index (κ1) is 13.9. The van der Waals surface area contributed by atoms with Gasteiger partial charge >= 0.3 is 5.63 Å². The molecule has 0 unspecified atom stereocenters. The third-order valence-electron chi connectivity index (χ3n) is 3.30. The molecule has 0 spiro atoms. The summed E-state index contributed by atoms with van der Waals surface area (Å²) in [6.45, 7) is 0.434. The molecule has 22 heavy (non-hydrogen) atoms. The van der Waals surface area contributed by atoms with Gasteiger partial charge < -0.3 is 14.8 Å². The van der Waals surface area contributed by atoms with Gasteiger partial charge in [-0.15, -0.1) is 0 Å². The smallest absolute Gasteiger partial charge is 0.363 e. The van der Waals surface area contributed by atoms with Crippen LogP contribution in [0.1, 0.15) is 5.56 Å². The molecule has 4 heteroatoms. The van der Waals surface area contributed by atoms with Gasteiger partial charge in [0.25, 0.3) is 0 Å². The second-order valence-corrected chi connectivity index (χ2v) is 4.86. The molecule has 1 heterocycles. The van der Waals surface area contributed by atoms with E-state index in [4.69, 9.17) is 4.42 Å². The van der Waals surface area contributed by atoms with Crippen LogP contribution in [0.5, 0.6) is 5.75 Å². The molecule has 2 aromatic carbocycles. The topological polar surface area (TPSA) is 62.5 Å². The van der Waals surface area contributed by atoms with Gasteiger partial charge in [-0.05, 0) is 5.56 Å². The van der Waals surface area contributed by atoms with Crippen LogP contribution in [-0.2, 0) is 6.54 Å². The Morgan fingerprint density at radius 2 is 1.59 bits per heavy atom. The minimum absolute atomic E-state index is 0.0727. The molecule has 2 N–H and O–H groups in total. The maximum atomic E-state index is 12.1. The molecule has 0 radical (unpaired) electrons. The van der Waals surface area contributed by atoms with Crippen LogP contribution in [0, 0.1) is 0 Å². The Kier molecular flexibility index (Phi) is 3.92. The SMILES string of the molecule is O=c1oc(-c2ccccc2)cc(O)c1NCc1ccccc1. The van der Waals surface area contributed by atoms with Crippen LogP contribution in [0.4, 0.5) is 5.69 Å². The van der Waals surface area contributed by atoms with Crippen LogP contribution in [0.3, 0.4) is 0 Å². The van der Waals surface area contributed by atoms with Gasteiger partial charge in [0.1, 0.15) is 11.5 Å². The standard InChI is InChI=1S/C18H15NO3/c20-15-11-16(14-9-5-2-6-10-14)22-18(21)17(15)19-12-13-7-3-1-4-8-13/h1-11,19-20H,12H2. The fourth-order valence-corrected chi connectivity index (χ4v) is 2.17. The van der Waals surface area contributed by atoms with Crippen molar-refractivity contribution in [3.8, 4) is 17.1 Å². The number of hydrogen-bond acceptors (Lipinski definition) is 4. The molecule has 0 aliphatic carbocycles. The van der Waals surface area contributed by atoms with Crippen molar-refractivity contribution < 1.29 is 9.52 Å². The molecule has 0 atom stereocenters. The predicted molar refractivity (Wildman–Crippen MR) is 85.8 cm³/mol. The molecule has 0 amide bonds. The van der Waals surface area contributed by atoms with Gasteiger partial charge in [0.2, 0.25) is 0 Å². The third kappa shape index (κ3) is 3.01. The number of aromatic hydroxyl groups is 1. The first-order valence-electron chi connectivity index (χ1n) is 6.94. The van der Waals surface area contributed by atoms with Gasteiger partial charge in [-0.3, -0.25) is 0 Å². The van der Waals surface area contributed by atoms with Crippen molar-refractivity contribution in [1.29, 1.82) is 0 Å². The van der Waals surface area contributed by atoms with Crippen molar-refractivity contribution in [2.45, 2.75) is 6.54 Å². The number of benzene rings is 2. The van der Waals surface area contributed by atoms with E-state index in [1.54, 1.807) is 0 Å². The highest BCUT2D eigenvalue weighted by molar-refractivity contribution is 5.63. The lowest BCUT2D eigenvalue weighted by molar-refractivity contribution is 0.456. The summed E-state index contributed by atoms with van der Waals surface area (Å²) in [6.07, 6.45) is 0. The molecule has 3 aromatic rings. The Balaban J connectivity index is 1.86. The van der Waals surface area contributed by atoms with E-state index < -0.39 is 5.63 Å². The molecule has 0 aliphatic rings. The molecule has 0 fully saturated rings. The van der Waals surface area contributed by atoms with E-state index in [1.807, 2.05) is 60.7 Å². The molecule has 0 bridgehead atoms. The van der Waals surface area contributed by atoms with Gasteiger partial charge in [-0.25, -0.2) is 4.79 Å². The minimum atomic E-state index is -0.588. The Bertz CT molecular complexity index is 811. The number of anilines is 1. The van der Waals surface area contributed by atoms with E-state index in [0.29, 0.717) is 12.3 Å². The summed E-state index contributed by atoms with van der Waals surface area (Å²) in [7, 11) is 0. The Labute approximate surface area is 127 Å². The van der Waals surface area contributed by atoms with E-state index in [9.17, 15) is 9.90 Å². The van der Waals surface area contributed by atoms with Crippen molar-refractivity contribution in [1.82, 2.24) is 0 Å². The first-order valence-corrected chi connectivity index (χ1v) is 6.94. The molecule has 110 valence electrons. The normalized spacial score (nSPS) is 10.4. The minimum Gasteiger partial charge on any atom is -0.505 e. The molecule has 3 rings (SSSR count). The van der Waals surface area contributed by atoms with Gasteiger partial charge in [0.15, 0.2) is 5.69 Å². The van der Waals surface area contributed by atoms with E-state index in [0.717, 1.165) is 11.1 Å². The van der Waals surface area contributed by atoms with Gasteiger partial charge in [-0.1, -0.05) is 60.7 Å². The number of nitrogens with one attached hydrogen (secondary N) is 1. The van der Waals surface area contributed by atoms with Crippen LogP contribution in [0.2, 0.25) is 0 Å². The molecule has 4 nitrogen and oxygen atoms in total. The van der Waals surface area contributed by atoms with Crippen molar-refractivity contribution in [3.63, 3.8) is 0 Å². The molecule has 1 aromatic heterocycles. The zero-order valence-corrected chi connectivity index (χ0v) is 11.8. The number of hydrogen-bond donors (Lipinski definition) is 2. The summed E-state index contributed by atoms with van der Waals surface area (Å²) in [6, 6.07) is 20.3. The molecular weight excluding hydrogens is 278 g/mol. The zero-order chi connectivity index (χ0) is 15.4. The summed E-state index contributed by atoms with van der Waals surface area (Å²) >= 11 is 0. The largest absolute Gasteiger partial charge is 0.505 e. The summed E-state index contributed by atoms with van der Waals surface area (Å²) in [4.78, 5) is 12.1. The van der Waals surface area contributed by atoms with Gasteiger partial charge in [-0.2, -0.15) is 0 Å². The maximum absolute atomic E-state index is 12.1. The lowest BCUT2D eigenvalue weighted by Gasteiger charge is -2.08. The number of rotatable bonds is 4. The molecular formula is C18H15NO3. The quantitative estimate of drug-likeness (QED) is 0.771. The van der Waals surface area contributed by atoms with Crippen LogP contribution in [0.25, 0.3) is 11.3 Å². The predicted octanol–water partition coefficient (Wildman–Crippen LogP) is 3.62. The van der Waals surface area contributed by atoms with Crippen LogP contribution >= 0.6 is 0 Å². The van der Waals surface area contributed by atoms with Crippen molar-refractivity contribution >= 4 is 5.69 Å². The second-order valence-electron chi connectivity index (χ2n) is 4.86. The van der Waals surface area contributed by atoms with Gasteiger partial charge in [0, 0.05) is 18.2 Å². The van der Waals surface area contributed by atoms with Crippen molar-refractivity contribution in [3.05, 3.63) is 82.7 Å². The second kappa shape index (κ2) is 6.18. The fourth-order valence-electron chi connectivity index (χ4n) is 2.17. The van der Waals surface area contributed by atoms with E-state index in [1.165, 1.54) is 6.07 Å². The van der Waals surface area contributed by atoms with Crippen LogP contribution < -0.4 is 10.9 Å². The zero-order valence-electron chi connectivity index (χ0n) is 11.8. The van der Waals surface area contributed by atoms with E-state index in [2.05, 4.69) is 5.32 Å². The van der Waals surface area contributed by atoms with Crippen molar-refractivity contribution in [2.24, 2.45) is 0 Å². The van der Waals surface area contributed by atoms with E-state index >= 15 is 0 Å². The lowest BCUT2D eigenvalue weighted by atomic mass is 10.1. The highest BCUT2D eigenvalue weighted by Gasteiger charge is 2.12. The summed E-state index contributed by atoms with van der Waals surface area (Å²) < 4.78 is 5.29. The monoisotopic (exact) mass is 293 g/mol. The maximum Gasteiger partial charge on any atom is 0.363 e. The highest BCUT2D eigenvalue weighted by atomic mass is 16.4. The fraction of sp³-hybridized carbons (Fsp3) is 0.0556. The third-order valence-corrected chi connectivity index (χ3v) is 3.30. The van der Waals surface area contributed by atoms with Gasteiger partial charge in [0.05, 0.1) is 0 Å². The Morgan fingerprint density at radius 3 is 2.23 bits per heavy atom. The van der Waals surface area contributed by atoms with Crippen LogP contribution in [0.15, 0.2) is 75.9 Å². The summed E-state index contributed by atoms with van der Waals surface area (Å²) in [5.74, 6) is 0.222. The van der Waals surface area contributed by atoms with Crippen LogP contribution in [-0.4, -0.2) is 5.11 Å². The molecule has 0 saturated carbocycles. The van der Waals surface area contributed by atoms with Crippen molar-refractivity contribution in [2.75, 3.05) is 5.32 Å². The molecule has 0 aliphatic heterocycles. The average molecular weight is 293 g/mol.